The molecule has 1 aliphatic heterocycles. The topological polar surface area (TPSA) is 75.4 Å². The van der Waals surface area contributed by atoms with Crippen LogP contribution in [0.4, 0.5) is 0 Å². The summed E-state index contributed by atoms with van der Waals surface area (Å²) in [5.41, 5.74) is 1.85. The summed E-state index contributed by atoms with van der Waals surface area (Å²) in [6.45, 7) is 4.56. The number of benzene rings is 1. The Morgan fingerprint density at radius 3 is 2.68 bits per heavy atom. The standard InChI is InChI=1S/C18H20ClN3O3/c1-11-9-21(8-7-13(11)18(24)25)17(23)16-12(2)10-22(20-16)15-6-4-3-5-14(15)19/h3-6,10-11,13H,7-9H2,1-2H3,(H,24,25). The molecule has 1 amide bonds. The average Bonchev–Trinajstić information content (AvgIpc) is 2.95. The summed E-state index contributed by atoms with van der Waals surface area (Å²) in [7, 11) is 0. The molecule has 2 atom stereocenters. The second-order valence-corrected chi connectivity index (χ2v) is 6.93. The van der Waals surface area contributed by atoms with Crippen molar-refractivity contribution in [1.29, 1.82) is 0 Å². The van der Waals surface area contributed by atoms with Crippen molar-refractivity contribution in [2.24, 2.45) is 11.8 Å². The molecule has 1 fully saturated rings. The molecule has 2 unspecified atom stereocenters. The molecule has 1 aromatic carbocycles. The molecule has 1 saturated heterocycles. The second-order valence-electron chi connectivity index (χ2n) is 6.52. The molecule has 6 nitrogen and oxygen atoms in total. The highest BCUT2D eigenvalue weighted by Gasteiger charge is 2.34. The fourth-order valence-electron chi connectivity index (χ4n) is 3.28. The second kappa shape index (κ2) is 6.88. The molecule has 0 spiro atoms. The van der Waals surface area contributed by atoms with Gasteiger partial charge in [-0.1, -0.05) is 30.7 Å². The van der Waals surface area contributed by atoms with Crippen LogP contribution in [-0.2, 0) is 4.79 Å². The van der Waals surface area contributed by atoms with E-state index in [0.29, 0.717) is 35.9 Å². The van der Waals surface area contributed by atoms with Crippen molar-refractivity contribution in [2.75, 3.05) is 13.1 Å². The van der Waals surface area contributed by atoms with Gasteiger partial charge < -0.3 is 10.0 Å². The van der Waals surface area contributed by atoms with Gasteiger partial charge >= 0.3 is 5.97 Å². The highest BCUT2D eigenvalue weighted by molar-refractivity contribution is 6.32. The fourth-order valence-corrected chi connectivity index (χ4v) is 3.50. The van der Waals surface area contributed by atoms with Gasteiger partial charge in [-0.25, -0.2) is 4.68 Å². The molecule has 2 heterocycles. The minimum absolute atomic E-state index is 0.0823. The van der Waals surface area contributed by atoms with Gasteiger partial charge in [0.25, 0.3) is 5.91 Å². The lowest BCUT2D eigenvalue weighted by molar-refractivity contribution is -0.145. The zero-order valence-corrected chi connectivity index (χ0v) is 14.9. The van der Waals surface area contributed by atoms with E-state index in [1.807, 2.05) is 32.0 Å². The van der Waals surface area contributed by atoms with Crippen molar-refractivity contribution in [3.63, 3.8) is 0 Å². The monoisotopic (exact) mass is 361 g/mol. The summed E-state index contributed by atoms with van der Waals surface area (Å²) in [4.78, 5) is 25.8. The van der Waals surface area contributed by atoms with E-state index < -0.39 is 11.9 Å². The van der Waals surface area contributed by atoms with Gasteiger partial charge in [-0.3, -0.25) is 9.59 Å². The molecule has 0 aliphatic carbocycles. The van der Waals surface area contributed by atoms with Crippen molar-refractivity contribution in [2.45, 2.75) is 20.3 Å². The molecule has 3 rings (SSSR count). The number of piperidine rings is 1. The lowest BCUT2D eigenvalue weighted by Gasteiger charge is -2.34. The van der Waals surface area contributed by atoms with Crippen molar-refractivity contribution in [3.05, 3.63) is 46.7 Å². The van der Waals surface area contributed by atoms with Crippen molar-refractivity contribution in [3.8, 4) is 5.69 Å². The number of carboxylic acids is 1. The number of aliphatic carboxylic acids is 1. The lowest BCUT2D eigenvalue weighted by Crippen LogP contribution is -2.45. The minimum atomic E-state index is -0.793. The van der Waals surface area contributed by atoms with Crippen LogP contribution in [0.5, 0.6) is 0 Å². The molecule has 7 heteroatoms. The molecule has 1 aromatic heterocycles. The van der Waals surface area contributed by atoms with Crippen LogP contribution in [-0.4, -0.2) is 44.8 Å². The molecule has 2 aromatic rings. The summed E-state index contributed by atoms with van der Waals surface area (Å²) < 4.78 is 1.61. The molecule has 0 saturated carbocycles. The maximum atomic E-state index is 12.8. The number of halogens is 1. The zero-order chi connectivity index (χ0) is 18.1. The Morgan fingerprint density at radius 2 is 2.04 bits per heavy atom. The van der Waals surface area contributed by atoms with Crippen LogP contribution in [0.3, 0.4) is 0 Å². The lowest BCUT2D eigenvalue weighted by atomic mass is 9.87. The largest absolute Gasteiger partial charge is 0.481 e. The predicted octanol–water partition coefficient (Wildman–Crippen LogP) is 3.02. The highest BCUT2D eigenvalue weighted by Crippen LogP contribution is 2.26. The molecule has 0 bridgehead atoms. The Morgan fingerprint density at radius 1 is 1.32 bits per heavy atom. The Bertz CT molecular complexity index is 818. The third kappa shape index (κ3) is 3.39. The third-order valence-electron chi connectivity index (χ3n) is 4.71. The van der Waals surface area contributed by atoms with Crippen molar-refractivity contribution in [1.82, 2.24) is 14.7 Å². The van der Waals surface area contributed by atoms with Crippen LogP contribution < -0.4 is 0 Å². The van der Waals surface area contributed by atoms with E-state index in [-0.39, 0.29) is 11.8 Å². The fraction of sp³-hybridized carbons (Fsp3) is 0.389. The first-order valence-electron chi connectivity index (χ1n) is 8.21. The number of amides is 1. The molecule has 25 heavy (non-hydrogen) atoms. The summed E-state index contributed by atoms with van der Waals surface area (Å²) in [5, 5.41) is 14.2. The van der Waals surface area contributed by atoms with Gasteiger partial charge in [0, 0.05) is 24.8 Å². The number of hydrogen-bond donors (Lipinski definition) is 1. The number of likely N-dealkylation sites (tertiary alicyclic amines) is 1. The Labute approximate surface area is 151 Å². The smallest absolute Gasteiger partial charge is 0.306 e. The number of para-hydroxylation sites is 1. The highest BCUT2D eigenvalue weighted by atomic mass is 35.5. The number of carboxylic acid groups (broad SMARTS) is 1. The normalized spacial score (nSPS) is 20.5. The Balaban J connectivity index is 1.82. The number of hydrogen-bond acceptors (Lipinski definition) is 3. The first-order chi connectivity index (χ1) is 11.9. The molecular weight excluding hydrogens is 342 g/mol. The van der Waals surface area contributed by atoms with E-state index >= 15 is 0 Å². The minimum Gasteiger partial charge on any atom is -0.481 e. The first kappa shape index (κ1) is 17.5. The predicted molar refractivity (Wildman–Crippen MR) is 94.1 cm³/mol. The first-order valence-corrected chi connectivity index (χ1v) is 8.59. The van der Waals surface area contributed by atoms with Crippen LogP contribution >= 0.6 is 11.6 Å². The van der Waals surface area contributed by atoms with Gasteiger partial charge in [-0.05, 0) is 31.4 Å². The van der Waals surface area contributed by atoms with Crippen LogP contribution in [0, 0.1) is 18.8 Å². The summed E-state index contributed by atoms with van der Waals surface area (Å²) in [6.07, 6.45) is 2.24. The zero-order valence-electron chi connectivity index (χ0n) is 14.1. The van der Waals surface area contributed by atoms with E-state index in [4.69, 9.17) is 11.6 Å². The van der Waals surface area contributed by atoms with E-state index in [1.54, 1.807) is 21.8 Å². The van der Waals surface area contributed by atoms with Gasteiger partial charge in [0.15, 0.2) is 5.69 Å². The summed E-state index contributed by atoms with van der Waals surface area (Å²) in [5.74, 6) is -1.44. The molecular formula is C18H20ClN3O3. The van der Waals surface area contributed by atoms with Crippen LogP contribution in [0.25, 0.3) is 5.69 Å². The van der Waals surface area contributed by atoms with Gasteiger partial charge in [0.1, 0.15) is 0 Å². The van der Waals surface area contributed by atoms with E-state index in [9.17, 15) is 14.7 Å². The third-order valence-corrected chi connectivity index (χ3v) is 5.03. The van der Waals surface area contributed by atoms with Gasteiger partial charge in [0.2, 0.25) is 0 Å². The maximum absolute atomic E-state index is 12.8. The maximum Gasteiger partial charge on any atom is 0.306 e. The number of nitrogens with zero attached hydrogens (tertiary/aromatic N) is 3. The van der Waals surface area contributed by atoms with Crippen LogP contribution in [0.1, 0.15) is 29.4 Å². The molecule has 132 valence electrons. The molecule has 1 N–H and O–H groups in total. The number of carbonyl (C=O) groups is 2. The van der Waals surface area contributed by atoms with Crippen LogP contribution in [0.15, 0.2) is 30.5 Å². The van der Waals surface area contributed by atoms with Crippen molar-refractivity contribution >= 4 is 23.5 Å². The quantitative estimate of drug-likeness (QED) is 0.911. The number of carbonyl (C=O) groups excluding carboxylic acids is 1. The average molecular weight is 362 g/mol. The summed E-state index contributed by atoms with van der Waals surface area (Å²) >= 11 is 6.20. The van der Waals surface area contributed by atoms with Gasteiger partial charge in [0.05, 0.1) is 16.6 Å². The van der Waals surface area contributed by atoms with Gasteiger partial charge in [-0.15, -0.1) is 0 Å². The molecule has 0 radical (unpaired) electrons. The SMILES string of the molecule is Cc1cn(-c2ccccc2Cl)nc1C(=O)N1CCC(C(=O)O)C(C)C1. The number of aromatic nitrogens is 2. The number of aryl methyl sites for hydroxylation is 1. The van der Waals surface area contributed by atoms with E-state index in [2.05, 4.69) is 5.10 Å². The van der Waals surface area contributed by atoms with E-state index in [1.165, 1.54) is 0 Å². The molecule has 1 aliphatic rings. The summed E-state index contributed by atoms with van der Waals surface area (Å²) in [6, 6.07) is 7.30. The number of rotatable bonds is 3. The van der Waals surface area contributed by atoms with E-state index in [0.717, 1.165) is 5.56 Å². The van der Waals surface area contributed by atoms with Crippen molar-refractivity contribution < 1.29 is 14.7 Å². The van der Waals surface area contributed by atoms with Crippen LogP contribution in [0.2, 0.25) is 5.02 Å². The Hall–Kier alpha value is -2.34. The Kier molecular flexibility index (Phi) is 4.81. The van der Waals surface area contributed by atoms with Gasteiger partial charge in [-0.2, -0.15) is 5.10 Å².